The summed E-state index contributed by atoms with van der Waals surface area (Å²) >= 11 is 0. The Hall–Kier alpha value is -0.700. The van der Waals surface area contributed by atoms with Crippen molar-refractivity contribution in [1.82, 2.24) is 0 Å². The molecule has 0 aliphatic heterocycles. The molecule has 3 heteroatoms. The average Bonchev–Trinajstić information content (AvgIpc) is 1.82. The van der Waals surface area contributed by atoms with Crippen molar-refractivity contribution >= 4 is 11.6 Å². The van der Waals surface area contributed by atoms with Crippen LogP contribution in [0.5, 0.6) is 0 Å². The smallest absolute Gasteiger partial charge is 0.140 e. The lowest BCUT2D eigenvalue weighted by atomic mass is 10.1. The van der Waals surface area contributed by atoms with Gasteiger partial charge in [-0.15, -0.1) is 0 Å². The summed E-state index contributed by atoms with van der Waals surface area (Å²) in [5, 5.41) is 8.31. The minimum Gasteiger partial charge on any atom is -0.396 e. The normalized spacial score (nSPS) is 9.40. The molecule has 0 amide bonds. The Kier molecular flexibility index (Phi) is 4.76. The predicted molar refractivity (Wildman–Crippen MR) is 36.6 cm³/mol. The van der Waals surface area contributed by atoms with Gasteiger partial charge in [0.25, 0.3) is 0 Å². The number of aliphatic hydroxyl groups is 1. The molecule has 0 bridgehead atoms. The van der Waals surface area contributed by atoms with Gasteiger partial charge in [0.15, 0.2) is 0 Å². The van der Waals surface area contributed by atoms with Crippen LogP contribution in [-0.2, 0) is 9.59 Å². The van der Waals surface area contributed by atoms with Gasteiger partial charge in [0, 0.05) is 13.0 Å². The molecule has 10 heavy (non-hydrogen) atoms. The highest BCUT2D eigenvalue weighted by Crippen LogP contribution is 1.94. The molecule has 0 aromatic rings. The van der Waals surface area contributed by atoms with Gasteiger partial charge in [-0.2, -0.15) is 0 Å². The van der Waals surface area contributed by atoms with Crippen molar-refractivity contribution in [2.45, 2.75) is 26.2 Å². The van der Waals surface area contributed by atoms with Gasteiger partial charge in [0.05, 0.1) is 6.42 Å². The molecule has 0 aromatic carbocycles. The Morgan fingerprint density at radius 1 is 1.40 bits per heavy atom. The lowest BCUT2D eigenvalue weighted by Crippen LogP contribution is -2.04. The molecule has 0 rings (SSSR count). The van der Waals surface area contributed by atoms with E-state index in [1.54, 1.807) is 0 Å². The number of rotatable bonds is 5. The van der Waals surface area contributed by atoms with Crippen LogP contribution in [0.4, 0.5) is 0 Å². The van der Waals surface area contributed by atoms with Crippen LogP contribution in [0.25, 0.3) is 0 Å². The molecule has 0 unspecified atom stereocenters. The third-order valence-electron chi connectivity index (χ3n) is 1.06. The van der Waals surface area contributed by atoms with Crippen LogP contribution in [0.1, 0.15) is 26.2 Å². The third-order valence-corrected chi connectivity index (χ3v) is 1.06. The number of Topliss-reactive ketones (excluding diaryl/α,β-unsaturated/α-hetero) is 2. The van der Waals surface area contributed by atoms with Gasteiger partial charge in [-0.05, 0) is 13.3 Å². The maximum absolute atomic E-state index is 10.7. The summed E-state index contributed by atoms with van der Waals surface area (Å²) in [5.74, 6) is -0.190. The minimum absolute atomic E-state index is 0.0139. The molecule has 3 nitrogen and oxygen atoms in total. The first-order valence-electron chi connectivity index (χ1n) is 3.29. The van der Waals surface area contributed by atoms with Crippen molar-refractivity contribution in [2.75, 3.05) is 6.61 Å². The topological polar surface area (TPSA) is 54.4 Å². The molecule has 0 saturated carbocycles. The van der Waals surface area contributed by atoms with Crippen molar-refractivity contribution in [3.8, 4) is 0 Å². The van der Waals surface area contributed by atoms with Crippen LogP contribution in [0.3, 0.4) is 0 Å². The zero-order chi connectivity index (χ0) is 7.98. The number of carbonyl (C=O) groups is 2. The summed E-state index contributed by atoms with van der Waals surface area (Å²) in [6.45, 7) is 1.40. The lowest BCUT2D eigenvalue weighted by Gasteiger charge is -1.93. The van der Waals surface area contributed by atoms with Crippen molar-refractivity contribution < 1.29 is 14.7 Å². The molecule has 0 saturated heterocycles. The van der Waals surface area contributed by atoms with Gasteiger partial charge in [-0.25, -0.2) is 0 Å². The number of hydrogen-bond acceptors (Lipinski definition) is 3. The molecule has 58 valence electrons. The second kappa shape index (κ2) is 5.11. The fourth-order valence-corrected chi connectivity index (χ4v) is 0.642. The highest BCUT2D eigenvalue weighted by Gasteiger charge is 2.03. The first-order valence-corrected chi connectivity index (χ1v) is 3.29. The molecule has 1 N–H and O–H groups in total. The molecule has 0 aliphatic rings. The van der Waals surface area contributed by atoms with Gasteiger partial charge in [-0.1, -0.05) is 0 Å². The van der Waals surface area contributed by atoms with E-state index in [2.05, 4.69) is 0 Å². The summed E-state index contributed by atoms with van der Waals surface area (Å²) in [6.07, 6.45) is 0.794. The standard InChI is InChI=1S/C7H12O3/c1-6(9)5-7(10)3-2-4-8/h8H,2-5H2,1H3. The number of ketones is 2. The van der Waals surface area contributed by atoms with E-state index in [0.717, 1.165) is 0 Å². The fourth-order valence-electron chi connectivity index (χ4n) is 0.642. The summed E-state index contributed by atoms with van der Waals surface area (Å²) in [7, 11) is 0. The first-order chi connectivity index (χ1) is 4.66. The lowest BCUT2D eigenvalue weighted by molar-refractivity contribution is -0.126. The van der Waals surface area contributed by atoms with Crippen LogP contribution in [0.15, 0.2) is 0 Å². The van der Waals surface area contributed by atoms with Gasteiger partial charge in [-0.3, -0.25) is 9.59 Å². The van der Waals surface area contributed by atoms with Crippen molar-refractivity contribution in [2.24, 2.45) is 0 Å². The van der Waals surface area contributed by atoms with E-state index in [1.165, 1.54) is 6.92 Å². The van der Waals surface area contributed by atoms with Gasteiger partial charge < -0.3 is 5.11 Å². The second-order valence-corrected chi connectivity index (χ2v) is 2.24. The summed E-state index contributed by atoms with van der Waals surface area (Å²) in [5.41, 5.74) is 0. The Labute approximate surface area is 60.0 Å². The van der Waals surface area contributed by atoms with Gasteiger partial charge in [0.2, 0.25) is 0 Å². The number of aliphatic hydroxyl groups excluding tert-OH is 1. The van der Waals surface area contributed by atoms with Gasteiger partial charge in [0.1, 0.15) is 11.6 Å². The SMILES string of the molecule is CC(=O)CC(=O)CCCO. The van der Waals surface area contributed by atoms with Crippen LogP contribution < -0.4 is 0 Å². The average molecular weight is 144 g/mol. The molecule has 0 radical (unpaired) electrons. The van der Waals surface area contributed by atoms with Gasteiger partial charge >= 0.3 is 0 Å². The third kappa shape index (κ3) is 5.44. The van der Waals surface area contributed by atoms with Crippen LogP contribution in [0.2, 0.25) is 0 Å². The number of carbonyl (C=O) groups excluding carboxylic acids is 2. The second-order valence-electron chi connectivity index (χ2n) is 2.24. The summed E-state index contributed by atoms with van der Waals surface area (Å²) in [4.78, 5) is 21.0. The Balaban J connectivity index is 3.35. The Morgan fingerprint density at radius 3 is 2.40 bits per heavy atom. The zero-order valence-electron chi connectivity index (χ0n) is 6.09. The molecular weight excluding hydrogens is 132 g/mol. The quantitative estimate of drug-likeness (QED) is 0.565. The first kappa shape index (κ1) is 9.30. The summed E-state index contributed by atoms with van der Waals surface area (Å²) in [6, 6.07) is 0. The highest BCUT2D eigenvalue weighted by atomic mass is 16.3. The molecule has 0 spiro atoms. The van der Waals surface area contributed by atoms with E-state index in [9.17, 15) is 9.59 Å². The molecule has 0 atom stereocenters. The van der Waals surface area contributed by atoms with Crippen molar-refractivity contribution in [3.63, 3.8) is 0 Å². The van der Waals surface area contributed by atoms with E-state index >= 15 is 0 Å². The summed E-state index contributed by atoms with van der Waals surface area (Å²) < 4.78 is 0. The highest BCUT2D eigenvalue weighted by molar-refractivity contribution is 5.97. The largest absolute Gasteiger partial charge is 0.396 e. The maximum Gasteiger partial charge on any atom is 0.140 e. The fraction of sp³-hybridized carbons (Fsp3) is 0.714. The molecule has 0 fully saturated rings. The van der Waals surface area contributed by atoms with E-state index in [1.807, 2.05) is 0 Å². The van der Waals surface area contributed by atoms with E-state index in [0.29, 0.717) is 12.8 Å². The van der Waals surface area contributed by atoms with Crippen LogP contribution in [-0.4, -0.2) is 23.3 Å². The zero-order valence-corrected chi connectivity index (χ0v) is 6.09. The molecular formula is C7H12O3. The van der Waals surface area contributed by atoms with E-state index in [-0.39, 0.29) is 24.6 Å². The monoisotopic (exact) mass is 144 g/mol. The van der Waals surface area contributed by atoms with E-state index in [4.69, 9.17) is 5.11 Å². The van der Waals surface area contributed by atoms with Crippen LogP contribution >= 0.6 is 0 Å². The van der Waals surface area contributed by atoms with E-state index < -0.39 is 0 Å². The molecule has 0 aliphatic carbocycles. The number of hydrogen-bond donors (Lipinski definition) is 1. The maximum atomic E-state index is 10.7. The van der Waals surface area contributed by atoms with Crippen LogP contribution in [0, 0.1) is 0 Å². The molecule has 0 aromatic heterocycles. The van der Waals surface area contributed by atoms with Crippen molar-refractivity contribution in [1.29, 1.82) is 0 Å². The van der Waals surface area contributed by atoms with Crippen molar-refractivity contribution in [3.05, 3.63) is 0 Å². The minimum atomic E-state index is -0.108. The predicted octanol–water partition coefficient (Wildman–Crippen LogP) is 0.307. The Morgan fingerprint density at radius 2 is 2.00 bits per heavy atom. The Bertz CT molecular complexity index is 129. The molecule has 0 heterocycles.